The molecule has 0 heterocycles. The van der Waals surface area contributed by atoms with E-state index >= 15 is 0 Å². The third-order valence-electron chi connectivity index (χ3n) is 3.78. The van der Waals surface area contributed by atoms with Crippen LogP contribution in [0.15, 0.2) is 60.7 Å². The molecule has 0 aromatic heterocycles. The van der Waals surface area contributed by atoms with E-state index in [1.54, 1.807) is 13.2 Å². The highest BCUT2D eigenvalue weighted by Gasteiger charge is 2.14. The molecular formula is C20H19NO3. The van der Waals surface area contributed by atoms with Crippen LogP contribution in [0.2, 0.25) is 0 Å². The molecule has 0 aliphatic carbocycles. The lowest BCUT2D eigenvalue weighted by atomic mass is 10.0. The van der Waals surface area contributed by atoms with E-state index in [0.29, 0.717) is 23.6 Å². The third kappa shape index (κ3) is 3.04. The van der Waals surface area contributed by atoms with E-state index in [4.69, 9.17) is 9.47 Å². The average molecular weight is 321 g/mol. The van der Waals surface area contributed by atoms with Crippen LogP contribution in [0.3, 0.4) is 0 Å². The molecule has 1 N–H and O–H groups in total. The van der Waals surface area contributed by atoms with Crippen LogP contribution in [-0.4, -0.2) is 19.6 Å². The number of rotatable bonds is 5. The van der Waals surface area contributed by atoms with Crippen LogP contribution in [0, 0.1) is 0 Å². The molecule has 0 spiro atoms. The summed E-state index contributed by atoms with van der Waals surface area (Å²) >= 11 is 0. The van der Waals surface area contributed by atoms with Gasteiger partial charge in [-0.2, -0.15) is 0 Å². The lowest BCUT2D eigenvalue weighted by molar-refractivity contribution is 0.102. The van der Waals surface area contributed by atoms with Crippen LogP contribution in [0.25, 0.3) is 10.8 Å². The number of para-hydroxylation sites is 2. The first-order chi connectivity index (χ1) is 11.7. The summed E-state index contributed by atoms with van der Waals surface area (Å²) in [5.41, 5.74) is 1.25. The van der Waals surface area contributed by atoms with Crippen molar-refractivity contribution in [2.75, 3.05) is 19.0 Å². The van der Waals surface area contributed by atoms with Gasteiger partial charge >= 0.3 is 0 Å². The number of nitrogens with one attached hydrogen (secondary N) is 1. The van der Waals surface area contributed by atoms with Gasteiger partial charge in [0.1, 0.15) is 11.5 Å². The summed E-state index contributed by atoms with van der Waals surface area (Å²) in [6.07, 6.45) is 0. The molecule has 0 unspecified atom stereocenters. The number of anilines is 1. The van der Waals surface area contributed by atoms with Crippen LogP contribution >= 0.6 is 0 Å². The van der Waals surface area contributed by atoms with E-state index in [1.807, 2.05) is 61.5 Å². The lowest BCUT2D eigenvalue weighted by Gasteiger charge is -2.13. The van der Waals surface area contributed by atoms with Gasteiger partial charge in [-0.1, -0.05) is 36.4 Å². The number of benzene rings is 3. The Labute approximate surface area is 141 Å². The minimum Gasteiger partial charge on any atom is -0.496 e. The second-order valence-corrected chi connectivity index (χ2v) is 5.24. The van der Waals surface area contributed by atoms with E-state index in [0.717, 1.165) is 16.5 Å². The average Bonchev–Trinajstić information content (AvgIpc) is 2.62. The summed E-state index contributed by atoms with van der Waals surface area (Å²) in [5, 5.41) is 4.69. The number of fused-ring (bicyclic) bond motifs is 1. The van der Waals surface area contributed by atoms with Crippen molar-refractivity contribution < 1.29 is 14.3 Å². The molecule has 0 radical (unpaired) electrons. The van der Waals surface area contributed by atoms with Crippen LogP contribution in [0.4, 0.5) is 5.69 Å². The minimum absolute atomic E-state index is 0.180. The number of methoxy groups -OCH3 is 1. The van der Waals surface area contributed by atoms with Crippen molar-refractivity contribution in [2.45, 2.75) is 6.92 Å². The molecule has 0 aliphatic rings. The van der Waals surface area contributed by atoms with Crippen molar-refractivity contribution in [3.05, 3.63) is 66.2 Å². The minimum atomic E-state index is -0.180. The quantitative estimate of drug-likeness (QED) is 0.752. The standard InChI is InChI=1S/C20H19NO3/c1-3-24-19-11-7-6-10-17(19)21-20(22)16-12-13-18(23-2)15-9-5-4-8-14(15)16/h4-13H,3H2,1-2H3,(H,21,22). The number of carbonyl (C=O) groups excluding carboxylic acids is 1. The van der Waals surface area contributed by atoms with Gasteiger partial charge in [0, 0.05) is 10.9 Å². The first-order valence-electron chi connectivity index (χ1n) is 7.83. The highest BCUT2D eigenvalue weighted by atomic mass is 16.5. The fourth-order valence-electron chi connectivity index (χ4n) is 2.69. The second kappa shape index (κ2) is 7.04. The molecule has 0 atom stereocenters. The molecule has 122 valence electrons. The van der Waals surface area contributed by atoms with Crippen LogP contribution < -0.4 is 14.8 Å². The van der Waals surface area contributed by atoms with Gasteiger partial charge < -0.3 is 14.8 Å². The molecule has 4 heteroatoms. The Morgan fingerprint density at radius 1 is 0.917 bits per heavy atom. The maximum absolute atomic E-state index is 12.8. The normalized spacial score (nSPS) is 10.4. The molecule has 0 saturated heterocycles. The van der Waals surface area contributed by atoms with Crippen LogP contribution in [0.5, 0.6) is 11.5 Å². The Hall–Kier alpha value is -3.01. The topological polar surface area (TPSA) is 47.6 Å². The third-order valence-corrected chi connectivity index (χ3v) is 3.78. The van der Waals surface area contributed by atoms with Gasteiger partial charge in [0.15, 0.2) is 0 Å². The number of hydrogen-bond acceptors (Lipinski definition) is 3. The van der Waals surface area contributed by atoms with Gasteiger partial charge in [0.2, 0.25) is 0 Å². The molecule has 3 rings (SSSR count). The van der Waals surface area contributed by atoms with Gasteiger partial charge in [0.25, 0.3) is 5.91 Å². The van der Waals surface area contributed by atoms with Crippen LogP contribution in [0.1, 0.15) is 17.3 Å². The fourth-order valence-corrected chi connectivity index (χ4v) is 2.69. The maximum atomic E-state index is 12.8. The Kier molecular flexibility index (Phi) is 4.66. The molecule has 0 aliphatic heterocycles. The summed E-state index contributed by atoms with van der Waals surface area (Å²) in [6.45, 7) is 2.45. The first kappa shape index (κ1) is 15.9. The molecule has 0 bridgehead atoms. The number of carbonyl (C=O) groups is 1. The number of hydrogen-bond donors (Lipinski definition) is 1. The molecule has 24 heavy (non-hydrogen) atoms. The maximum Gasteiger partial charge on any atom is 0.256 e. The van der Waals surface area contributed by atoms with Gasteiger partial charge in [-0.25, -0.2) is 0 Å². The van der Waals surface area contributed by atoms with E-state index in [2.05, 4.69) is 5.32 Å². The lowest BCUT2D eigenvalue weighted by Crippen LogP contribution is -2.13. The summed E-state index contributed by atoms with van der Waals surface area (Å²) < 4.78 is 10.9. The Morgan fingerprint density at radius 3 is 2.38 bits per heavy atom. The Balaban J connectivity index is 1.98. The predicted molar refractivity (Wildman–Crippen MR) is 96.1 cm³/mol. The molecule has 0 saturated carbocycles. The first-order valence-corrected chi connectivity index (χ1v) is 7.83. The molecular weight excluding hydrogens is 302 g/mol. The fraction of sp³-hybridized carbons (Fsp3) is 0.150. The van der Waals surface area contributed by atoms with E-state index < -0.39 is 0 Å². The van der Waals surface area contributed by atoms with Crippen LogP contribution in [-0.2, 0) is 0 Å². The van der Waals surface area contributed by atoms with Gasteiger partial charge in [-0.05, 0) is 36.6 Å². The van der Waals surface area contributed by atoms with Crippen molar-refractivity contribution in [3.63, 3.8) is 0 Å². The summed E-state index contributed by atoms with van der Waals surface area (Å²) in [6, 6.07) is 18.7. The van der Waals surface area contributed by atoms with Crippen molar-refractivity contribution >= 4 is 22.4 Å². The zero-order valence-corrected chi connectivity index (χ0v) is 13.7. The van der Waals surface area contributed by atoms with E-state index in [9.17, 15) is 4.79 Å². The zero-order chi connectivity index (χ0) is 16.9. The van der Waals surface area contributed by atoms with Crippen molar-refractivity contribution in [3.8, 4) is 11.5 Å². The monoisotopic (exact) mass is 321 g/mol. The van der Waals surface area contributed by atoms with Gasteiger partial charge in [0.05, 0.1) is 19.4 Å². The largest absolute Gasteiger partial charge is 0.496 e. The summed E-state index contributed by atoms with van der Waals surface area (Å²) in [4.78, 5) is 12.8. The SMILES string of the molecule is CCOc1ccccc1NC(=O)c1ccc(OC)c2ccccc12. The van der Waals surface area contributed by atoms with Crippen molar-refractivity contribution in [1.82, 2.24) is 0 Å². The smallest absolute Gasteiger partial charge is 0.256 e. The Bertz CT molecular complexity index is 874. The summed E-state index contributed by atoms with van der Waals surface area (Å²) in [7, 11) is 1.62. The molecule has 0 fully saturated rings. The zero-order valence-electron chi connectivity index (χ0n) is 13.7. The molecule has 3 aromatic rings. The van der Waals surface area contributed by atoms with Gasteiger partial charge in [-0.3, -0.25) is 4.79 Å². The Morgan fingerprint density at radius 2 is 1.62 bits per heavy atom. The number of amides is 1. The van der Waals surface area contributed by atoms with Gasteiger partial charge in [-0.15, -0.1) is 0 Å². The van der Waals surface area contributed by atoms with Crippen molar-refractivity contribution in [2.24, 2.45) is 0 Å². The molecule has 4 nitrogen and oxygen atoms in total. The molecule has 3 aromatic carbocycles. The van der Waals surface area contributed by atoms with E-state index in [1.165, 1.54) is 0 Å². The molecule has 1 amide bonds. The van der Waals surface area contributed by atoms with Crippen molar-refractivity contribution in [1.29, 1.82) is 0 Å². The second-order valence-electron chi connectivity index (χ2n) is 5.24. The van der Waals surface area contributed by atoms with E-state index in [-0.39, 0.29) is 5.91 Å². The number of ether oxygens (including phenoxy) is 2. The summed E-state index contributed by atoms with van der Waals surface area (Å²) in [5.74, 6) is 1.23. The predicted octanol–water partition coefficient (Wildman–Crippen LogP) is 4.50. The highest BCUT2D eigenvalue weighted by molar-refractivity contribution is 6.14. The highest BCUT2D eigenvalue weighted by Crippen LogP contribution is 2.30.